The van der Waals surface area contributed by atoms with Crippen molar-refractivity contribution in [3.8, 4) is 0 Å². The van der Waals surface area contributed by atoms with Gasteiger partial charge in [-0.1, -0.05) is 0 Å². The monoisotopic (exact) mass is 220 g/mol. The zero-order valence-electron chi connectivity index (χ0n) is 9.48. The van der Waals surface area contributed by atoms with Gasteiger partial charge in [0.2, 0.25) is 5.91 Å². The van der Waals surface area contributed by atoms with Crippen LogP contribution in [-0.2, 0) is 11.3 Å². The number of ketones is 1. The molecule has 0 aliphatic carbocycles. The lowest BCUT2D eigenvalue weighted by molar-refractivity contribution is -0.130. The van der Waals surface area contributed by atoms with Gasteiger partial charge < -0.3 is 9.47 Å². The van der Waals surface area contributed by atoms with E-state index >= 15 is 0 Å². The highest BCUT2D eigenvalue weighted by molar-refractivity contribution is 5.93. The van der Waals surface area contributed by atoms with Crippen LogP contribution in [0.25, 0.3) is 0 Å². The molecule has 1 saturated heterocycles. The topological polar surface area (TPSA) is 42.3 Å². The number of rotatable bonds is 3. The van der Waals surface area contributed by atoms with E-state index in [-0.39, 0.29) is 11.7 Å². The fraction of sp³-hybridized carbons (Fsp3) is 0.500. The first-order chi connectivity index (χ1) is 7.66. The molecular weight excluding hydrogens is 204 g/mol. The summed E-state index contributed by atoms with van der Waals surface area (Å²) in [7, 11) is 0. The second-order valence-electron chi connectivity index (χ2n) is 4.22. The average molecular weight is 220 g/mol. The van der Waals surface area contributed by atoms with Crippen molar-refractivity contribution in [2.75, 3.05) is 13.1 Å². The number of aromatic nitrogens is 1. The summed E-state index contributed by atoms with van der Waals surface area (Å²) in [5.74, 6) is 0.176. The largest absolute Gasteiger partial charge is 0.344 e. The fourth-order valence-corrected chi connectivity index (χ4v) is 1.97. The van der Waals surface area contributed by atoms with Gasteiger partial charge in [0.1, 0.15) is 6.54 Å². The molecule has 0 bridgehead atoms. The van der Waals surface area contributed by atoms with Crippen LogP contribution in [0.2, 0.25) is 0 Å². The molecule has 4 nitrogen and oxygen atoms in total. The first kappa shape index (κ1) is 10.9. The number of likely N-dealkylation sites (tertiary alicyclic amines) is 1. The first-order valence-corrected chi connectivity index (χ1v) is 5.61. The minimum absolute atomic E-state index is 0.0346. The Morgan fingerprint density at radius 1 is 1.31 bits per heavy atom. The number of hydrogen-bond donors (Lipinski definition) is 0. The summed E-state index contributed by atoms with van der Waals surface area (Å²) in [6, 6.07) is 1.75. The number of carbonyl (C=O) groups excluding carboxylic acids is 2. The molecule has 0 aromatic carbocycles. The van der Waals surface area contributed by atoms with Crippen molar-refractivity contribution in [3.05, 3.63) is 24.0 Å². The standard InChI is InChI=1S/C12H16N2O2/c1-10(15)11-4-7-13(8-11)9-12(16)14-5-2-3-6-14/h4,7-8H,2-3,5-6,9H2,1H3. The van der Waals surface area contributed by atoms with Gasteiger partial charge >= 0.3 is 0 Å². The normalized spacial score (nSPS) is 15.4. The number of nitrogens with zero attached hydrogens (tertiary/aromatic N) is 2. The zero-order chi connectivity index (χ0) is 11.5. The molecule has 0 saturated carbocycles. The summed E-state index contributed by atoms with van der Waals surface area (Å²) in [5.41, 5.74) is 0.661. The average Bonchev–Trinajstić information content (AvgIpc) is 2.87. The Kier molecular flexibility index (Phi) is 3.08. The Bertz CT molecular complexity index is 403. The summed E-state index contributed by atoms with van der Waals surface area (Å²) in [5, 5.41) is 0. The van der Waals surface area contributed by atoms with Gasteiger partial charge in [0.15, 0.2) is 5.78 Å². The minimum Gasteiger partial charge on any atom is -0.344 e. The highest BCUT2D eigenvalue weighted by atomic mass is 16.2. The summed E-state index contributed by atoms with van der Waals surface area (Å²) in [6.45, 7) is 3.62. The molecule has 1 amide bonds. The molecule has 0 atom stereocenters. The smallest absolute Gasteiger partial charge is 0.242 e. The molecule has 0 radical (unpaired) electrons. The molecule has 86 valence electrons. The number of hydrogen-bond acceptors (Lipinski definition) is 2. The molecule has 1 aromatic heterocycles. The summed E-state index contributed by atoms with van der Waals surface area (Å²) >= 11 is 0. The summed E-state index contributed by atoms with van der Waals surface area (Å²) in [4.78, 5) is 24.8. The van der Waals surface area contributed by atoms with Crippen molar-refractivity contribution in [3.63, 3.8) is 0 Å². The molecule has 2 heterocycles. The van der Waals surface area contributed by atoms with Crippen molar-refractivity contribution in [2.45, 2.75) is 26.3 Å². The third-order valence-electron chi connectivity index (χ3n) is 2.93. The van der Waals surface area contributed by atoms with Gasteiger partial charge in [-0.05, 0) is 25.8 Å². The van der Waals surface area contributed by atoms with E-state index < -0.39 is 0 Å². The van der Waals surface area contributed by atoms with Gasteiger partial charge in [-0.15, -0.1) is 0 Å². The Morgan fingerprint density at radius 3 is 2.56 bits per heavy atom. The maximum atomic E-state index is 11.8. The molecule has 16 heavy (non-hydrogen) atoms. The van der Waals surface area contributed by atoms with E-state index in [1.165, 1.54) is 6.92 Å². The molecule has 1 aliphatic rings. The number of Topliss-reactive ketones (excluding diaryl/α,β-unsaturated/α-hetero) is 1. The second kappa shape index (κ2) is 4.51. The SMILES string of the molecule is CC(=O)c1ccn(CC(=O)N2CCCC2)c1. The summed E-state index contributed by atoms with van der Waals surface area (Å²) in [6.07, 6.45) is 5.73. The number of amides is 1. The van der Waals surface area contributed by atoms with Gasteiger partial charge in [0.25, 0.3) is 0 Å². The Morgan fingerprint density at radius 2 is 2.00 bits per heavy atom. The van der Waals surface area contributed by atoms with Crippen molar-refractivity contribution in [1.82, 2.24) is 9.47 Å². The van der Waals surface area contributed by atoms with Crippen molar-refractivity contribution >= 4 is 11.7 Å². The van der Waals surface area contributed by atoms with Crippen molar-refractivity contribution in [1.29, 1.82) is 0 Å². The van der Waals surface area contributed by atoms with Crippen LogP contribution in [0.3, 0.4) is 0 Å². The lowest BCUT2D eigenvalue weighted by atomic mass is 10.2. The highest BCUT2D eigenvalue weighted by Gasteiger charge is 2.17. The van der Waals surface area contributed by atoms with Gasteiger partial charge in [-0.3, -0.25) is 9.59 Å². The minimum atomic E-state index is 0.0346. The van der Waals surface area contributed by atoms with Gasteiger partial charge in [-0.25, -0.2) is 0 Å². The molecule has 1 aromatic rings. The molecule has 0 unspecified atom stereocenters. The second-order valence-corrected chi connectivity index (χ2v) is 4.22. The van der Waals surface area contributed by atoms with Gasteiger partial charge in [0.05, 0.1) is 0 Å². The van der Waals surface area contributed by atoms with Gasteiger partial charge in [-0.2, -0.15) is 0 Å². The zero-order valence-corrected chi connectivity index (χ0v) is 9.48. The third kappa shape index (κ3) is 2.32. The fourth-order valence-electron chi connectivity index (χ4n) is 1.97. The lowest BCUT2D eigenvalue weighted by Gasteiger charge is -2.15. The van der Waals surface area contributed by atoms with E-state index in [9.17, 15) is 9.59 Å². The Hall–Kier alpha value is -1.58. The van der Waals surface area contributed by atoms with E-state index in [0.29, 0.717) is 12.1 Å². The van der Waals surface area contributed by atoms with Crippen LogP contribution >= 0.6 is 0 Å². The van der Waals surface area contributed by atoms with E-state index in [4.69, 9.17) is 0 Å². The lowest BCUT2D eigenvalue weighted by Crippen LogP contribution is -2.30. The van der Waals surface area contributed by atoms with Gasteiger partial charge in [0, 0.05) is 31.0 Å². The Balaban J connectivity index is 1.97. The maximum absolute atomic E-state index is 11.8. The predicted molar refractivity (Wildman–Crippen MR) is 60.3 cm³/mol. The third-order valence-corrected chi connectivity index (χ3v) is 2.93. The van der Waals surface area contributed by atoms with E-state index in [1.807, 2.05) is 4.90 Å². The number of carbonyl (C=O) groups is 2. The van der Waals surface area contributed by atoms with Crippen LogP contribution in [0, 0.1) is 0 Å². The van der Waals surface area contributed by atoms with Crippen LogP contribution in [0.4, 0.5) is 0 Å². The predicted octanol–water partition coefficient (Wildman–Crippen LogP) is 1.31. The molecule has 1 aliphatic heterocycles. The van der Waals surface area contributed by atoms with Crippen LogP contribution < -0.4 is 0 Å². The first-order valence-electron chi connectivity index (χ1n) is 5.61. The highest BCUT2D eigenvalue weighted by Crippen LogP contribution is 2.09. The molecule has 1 fully saturated rings. The molecular formula is C12H16N2O2. The molecule has 4 heteroatoms. The van der Waals surface area contributed by atoms with Crippen molar-refractivity contribution in [2.24, 2.45) is 0 Å². The van der Waals surface area contributed by atoms with E-state index in [2.05, 4.69) is 0 Å². The molecule has 0 N–H and O–H groups in total. The quantitative estimate of drug-likeness (QED) is 0.721. The maximum Gasteiger partial charge on any atom is 0.242 e. The van der Waals surface area contributed by atoms with E-state index in [1.54, 1.807) is 23.0 Å². The van der Waals surface area contributed by atoms with E-state index in [0.717, 1.165) is 25.9 Å². The molecule has 2 rings (SSSR count). The van der Waals surface area contributed by atoms with Crippen molar-refractivity contribution < 1.29 is 9.59 Å². The molecule has 0 spiro atoms. The Labute approximate surface area is 94.8 Å². The van der Waals surface area contributed by atoms with Crippen LogP contribution in [-0.4, -0.2) is 34.2 Å². The van der Waals surface area contributed by atoms with Crippen LogP contribution in [0.1, 0.15) is 30.1 Å². The summed E-state index contributed by atoms with van der Waals surface area (Å²) < 4.78 is 1.78. The van der Waals surface area contributed by atoms with Crippen LogP contribution in [0.5, 0.6) is 0 Å². The van der Waals surface area contributed by atoms with Crippen LogP contribution in [0.15, 0.2) is 18.5 Å².